The van der Waals surface area contributed by atoms with Crippen molar-refractivity contribution in [3.8, 4) is 0 Å². The van der Waals surface area contributed by atoms with E-state index in [0.29, 0.717) is 17.0 Å². The zero-order valence-corrected chi connectivity index (χ0v) is 15.1. The van der Waals surface area contributed by atoms with Gasteiger partial charge in [0, 0.05) is 24.5 Å². The standard InChI is InChI=1S/C17H15ClN2O.C2H5NO/c1-17(2)8-7-12-10-14(18)5-6-15(12)20(17)16(21)13-4-3-9-19-11-13;1-3-2-4/h3-11H,1-2H3;2H,1H3,(H,3,4). The summed E-state index contributed by atoms with van der Waals surface area (Å²) in [5.41, 5.74) is 1.97. The van der Waals surface area contributed by atoms with Crippen molar-refractivity contribution in [3.05, 3.63) is 65.0 Å². The van der Waals surface area contributed by atoms with Gasteiger partial charge in [0.25, 0.3) is 5.91 Å². The number of carbonyl (C=O) groups excluding carboxylic acids is 2. The molecule has 1 aliphatic rings. The third-order valence-corrected chi connectivity index (χ3v) is 3.94. The Bertz CT molecular complexity index is 789. The second kappa shape index (κ2) is 7.94. The van der Waals surface area contributed by atoms with Crippen LogP contribution in [-0.2, 0) is 4.79 Å². The molecule has 1 aromatic heterocycles. The fourth-order valence-corrected chi connectivity index (χ4v) is 2.71. The van der Waals surface area contributed by atoms with Crippen molar-refractivity contribution in [3.63, 3.8) is 0 Å². The van der Waals surface area contributed by atoms with Crippen molar-refractivity contribution in [2.75, 3.05) is 11.9 Å². The molecule has 6 heteroatoms. The molecular weight excluding hydrogens is 338 g/mol. The van der Waals surface area contributed by atoms with Crippen molar-refractivity contribution in [2.24, 2.45) is 0 Å². The number of anilines is 1. The molecule has 130 valence electrons. The van der Waals surface area contributed by atoms with Gasteiger partial charge in [0.2, 0.25) is 6.41 Å². The predicted octanol–water partition coefficient (Wildman–Crippen LogP) is 3.55. The minimum absolute atomic E-state index is 0.0685. The number of carbonyl (C=O) groups is 2. The van der Waals surface area contributed by atoms with Crippen molar-refractivity contribution in [2.45, 2.75) is 19.4 Å². The molecule has 2 heterocycles. The lowest BCUT2D eigenvalue weighted by atomic mass is 9.93. The predicted molar refractivity (Wildman–Crippen MR) is 101 cm³/mol. The second-order valence-corrected chi connectivity index (χ2v) is 6.42. The van der Waals surface area contributed by atoms with Crippen LogP contribution in [0, 0.1) is 0 Å². The van der Waals surface area contributed by atoms with Gasteiger partial charge in [-0.15, -0.1) is 0 Å². The van der Waals surface area contributed by atoms with Gasteiger partial charge in [0.1, 0.15) is 0 Å². The number of benzene rings is 1. The molecule has 0 saturated carbocycles. The van der Waals surface area contributed by atoms with Crippen LogP contribution in [-0.4, -0.2) is 29.9 Å². The van der Waals surface area contributed by atoms with Crippen molar-refractivity contribution in [1.82, 2.24) is 10.3 Å². The van der Waals surface area contributed by atoms with E-state index in [0.717, 1.165) is 11.3 Å². The zero-order chi connectivity index (χ0) is 18.4. The van der Waals surface area contributed by atoms with Gasteiger partial charge in [0.15, 0.2) is 0 Å². The largest absolute Gasteiger partial charge is 0.362 e. The molecule has 1 N–H and O–H groups in total. The van der Waals surface area contributed by atoms with E-state index in [1.165, 1.54) is 0 Å². The first kappa shape index (κ1) is 18.7. The summed E-state index contributed by atoms with van der Waals surface area (Å²) < 4.78 is 0. The topological polar surface area (TPSA) is 62.3 Å². The summed E-state index contributed by atoms with van der Waals surface area (Å²) in [6.45, 7) is 4.02. The first-order chi connectivity index (χ1) is 11.9. The van der Waals surface area contributed by atoms with Gasteiger partial charge in [-0.05, 0) is 49.7 Å². The lowest BCUT2D eigenvalue weighted by Gasteiger charge is -2.40. The number of rotatable bonds is 2. The van der Waals surface area contributed by atoms with Crippen LogP contribution < -0.4 is 10.2 Å². The van der Waals surface area contributed by atoms with Gasteiger partial charge in [-0.1, -0.05) is 23.8 Å². The summed E-state index contributed by atoms with van der Waals surface area (Å²) in [7, 11) is 1.56. The minimum atomic E-state index is -0.409. The number of hydrogen-bond donors (Lipinski definition) is 1. The Balaban J connectivity index is 0.000000511. The van der Waals surface area contributed by atoms with Crippen molar-refractivity contribution < 1.29 is 9.59 Å². The molecule has 5 nitrogen and oxygen atoms in total. The van der Waals surface area contributed by atoms with Crippen LogP contribution >= 0.6 is 11.6 Å². The molecule has 2 amide bonds. The summed E-state index contributed by atoms with van der Waals surface area (Å²) in [5, 5.41) is 2.91. The summed E-state index contributed by atoms with van der Waals surface area (Å²) in [5.74, 6) is -0.0685. The Morgan fingerprint density at radius 1 is 1.32 bits per heavy atom. The number of halogens is 1. The maximum Gasteiger partial charge on any atom is 0.260 e. The van der Waals surface area contributed by atoms with Crippen molar-refractivity contribution in [1.29, 1.82) is 0 Å². The second-order valence-electron chi connectivity index (χ2n) is 5.98. The molecule has 0 saturated heterocycles. The highest BCUT2D eigenvalue weighted by molar-refractivity contribution is 6.31. The minimum Gasteiger partial charge on any atom is -0.362 e. The summed E-state index contributed by atoms with van der Waals surface area (Å²) in [6, 6.07) is 9.10. The molecule has 3 rings (SSSR count). The van der Waals surface area contributed by atoms with E-state index in [2.05, 4.69) is 10.3 Å². The molecule has 1 aliphatic heterocycles. The Kier molecular flexibility index (Phi) is 5.93. The third-order valence-electron chi connectivity index (χ3n) is 3.71. The van der Waals surface area contributed by atoms with Crippen LogP contribution in [0.15, 0.2) is 48.8 Å². The molecule has 0 atom stereocenters. The monoisotopic (exact) mass is 357 g/mol. The molecular formula is C19H20ClN3O2. The number of pyridine rings is 1. The molecule has 2 aromatic rings. The molecule has 0 bridgehead atoms. The van der Waals surface area contributed by atoms with E-state index < -0.39 is 5.54 Å². The number of aromatic nitrogens is 1. The number of hydrogen-bond acceptors (Lipinski definition) is 3. The van der Waals surface area contributed by atoms with Gasteiger partial charge in [0.05, 0.1) is 16.8 Å². The molecule has 0 aliphatic carbocycles. The fraction of sp³-hybridized carbons (Fsp3) is 0.211. The van der Waals surface area contributed by atoms with Gasteiger partial charge >= 0.3 is 0 Å². The molecule has 1 aromatic carbocycles. The Morgan fingerprint density at radius 3 is 2.64 bits per heavy atom. The zero-order valence-electron chi connectivity index (χ0n) is 14.4. The van der Waals surface area contributed by atoms with E-state index in [4.69, 9.17) is 16.4 Å². The summed E-state index contributed by atoms with van der Waals surface area (Å²) >= 11 is 6.04. The van der Waals surface area contributed by atoms with Gasteiger partial charge in [-0.2, -0.15) is 0 Å². The Morgan fingerprint density at radius 2 is 2.04 bits per heavy atom. The Labute approximate surface area is 152 Å². The van der Waals surface area contributed by atoms with Crippen LogP contribution in [0.5, 0.6) is 0 Å². The summed E-state index contributed by atoms with van der Waals surface area (Å²) in [4.78, 5) is 27.8. The van der Waals surface area contributed by atoms with E-state index in [9.17, 15) is 4.79 Å². The molecule has 0 fully saturated rings. The number of nitrogens with one attached hydrogen (secondary N) is 1. The van der Waals surface area contributed by atoms with Gasteiger partial charge in [-0.25, -0.2) is 0 Å². The first-order valence-corrected chi connectivity index (χ1v) is 8.13. The summed E-state index contributed by atoms with van der Waals surface area (Å²) in [6.07, 6.45) is 7.90. The first-order valence-electron chi connectivity index (χ1n) is 7.75. The molecule has 0 radical (unpaired) electrons. The Hall–Kier alpha value is -2.66. The normalized spacial score (nSPS) is 14.0. The highest BCUT2D eigenvalue weighted by Gasteiger charge is 2.34. The SMILES string of the molecule is CC1(C)C=Cc2cc(Cl)ccc2N1C(=O)c1cccnc1.CNC=O. The highest BCUT2D eigenvalue weighted by atomic mass is 35.5. The molecule has 25 heavy (non-hydrogen) atoms. The molecule has 0 unspecified atom stereocenters. The quantitative estimate of drug-likeness (QED) is 0.836. The fourth-order valence-electron chi connectivity index (χ4n) is 2.53. The van der Waals surface area contributed by atoms with Crippen LogP contribution in [0.2, 0.25) is 5.02 Å². The van der Waals surface area contributed by atoms with Crippen molar-refractivity contribution >= 4 is 35.7 Å². The number of fused-ring (bicyclic) bond motifs is 1. The average Bonchev–Trinajstić information content (AvgIpc) is 2.62. The number of nitrogens with zero attached hydrogens (tertiary/aromatic N) is 2. The maximum atomic E-state index is 12.9. The van der Waals surface area contributed by atoms with Crippen LogP contribution in [0.4, 0.5) is 5.69 Å². The lowest BCUT2D eigenvalue weighted by Crippen LogP contribution is -2.48. The average molecular weight is 358 g/mol. The highest BCUT2D eigenvalue weighted by Crippen LogP contribution is 2.36. The number of amides is 2. The van der Waals surface area contributed by atoms with Crippen LogP contribution in [0.3, 0.4) is 0 Å². The van der Waals surface area contributed by atoms with Gasteiger partial charge < -0.3 is 5.32 Å². The van der Waals surface area contributed by atoms with Crippen LogP contribution in [0.25, 0.3) is 6.08 Å². The van der Waals surface area contributed by atoms with E-state index >= 15 is 0 Å². The van der Waals surface area contributed by atoms with E-state index in [1.807, 2.05) is 38.1 Å². The molecule has 0 spiro atoms. The smallest absolute Gasteiger partial charge is 0.260 e. The van der Waals surface area contributed by atoms with Crippen LogP contribution in [0.1, 0.15) is 29.8 Å². The van der Waals surface area contributed by atoms with E-state index in [1.54, 1.807) is 42.5 Å². The lowest BCUT2D eigenvalue weighted by molar-refractivity contribution is -0.109. The third kappa shape index (κ3) is 4.25. The van der Waals surface area contributed by atoms with E-state index in [-0.39, 0.29) is 5.91 Å². The maximum absolute atomic E-state index is 12.9. The van der Waals surface area contributed by atoms with Gasteiger partial charge in [-0.3, -0.25) is 19.5 Å².